The van der Waals surface area contributed by atoms with Crippen molar-refractivity contribution in [2.24, 2.45) is 0 Å². The molecule has 0 heterocycles. The highest BCUT2D eigenvalue weighted by Crippen LogP contribution is 2.22. The number of amides is 1. The zero-order valence-corrected chi connectivity index (χ0v) is 12.8. The van der Waals surface area contributed by atoms with Gasteiger partial charge in [0.1, 0.15) is 17.2 Å². The van der Waals surface area contributed by atoms with Gasteiger partial charge in [0, 0.05) is 23.8 Å². The van der Waals surface area contributed by atoms with E-state index in [1.165, 1.54) is 11.9 Å². The van der Waals surface area contributed by atoms with E-state index in [9.17, 15) is 13.6 Å². The Balaban J connectivity index is 2.26. The maximum Gasteiger partial charge on any atom is 0.259 e. The van der Waals surface area contributed by atoms with E-state index in [1.54, 1.807) is 24.3 Å². The lowest BCUT2D eigenvalue weighted by atomic mass is 10.1. The van der Waals surface area contributed by atoms with Gasteiger partial charge in [-0.25, -0.2) is 8.78 Å². The maximum atomic E-state index is 13.8. The lowest BCUT2D eigenvalue weighted by Gasteiger charge is -2.19. The van der Waals surface area contributed by atoms with E-state index in [1.807, 2.05) is 0 Å². The molecule has 21 heavy (non-hydrogen) atoms. The molecule has 0 radical (unpaired) electrons. The molecule has 2 N–H and O–H groups in total. The van der Waals surface area contributed by atoms with Crippen LogP contribution in [0, 0.1) is 11.6 Å². The summed E-state index contributed by atoms with van der Waals surface area (Å²) in [7, 11) is 1.47. The first kappa shape index (κ1) is 15.4. The molecule has 0 aliphatic carbocycles. The van der Waals surface area contributed by atoms with Crippen molar-refractivity contribution in [1.29, 1.82) is 0 Å². The Morgan fingerprint density at radius 1 is 1.24 bits per heavy atom. The predicted octanol–water partition coefficient (Wildman–Crippen LogP) is 3.58. The van der Waals surface area contributed by atoms with Crippen LogP contribution in [0.3, 0.4) is 0 Å². The van der Waals surface area contributed by atoms with Crippen molar-refractivity contribution in [2.45, 2.75) is 6.54 Å². The molecule has 0 aliphatic rings. The highest BCUT2D eigenvalue weighted by atomic mass is 79.9. The van der Waals surface area contributed by atoms with E-state index in [0.29, 0.717) is 11.3 Å². The van der Waals surface area contributed by atoms with Crippen LogP contribution in [0.2, 0.25) is 0 Å². The molecular weight excluding hydrogens is 342 g/mol. The van der Waals surface area contributed by atoms with Crippen LogP contribution in [0.4, 0.5) is 14.5 Å². The van der Waals surface area contributed by atoms with Gasteiger partial charge in [0.15, 0.2) is 0 Å². The van der Waals surface area contributed by atoms with Gasteiger partial charge in [-0.3, -0.25) is 4.79 Å². The molecule has 2 rings (SSSR count). The first-order valence-corrected chi connectivity index (χ1v) is 6.93. The smallest absolute Gasteiger partial charge is 0.259 e. The molecule has 2 aromatic rings. The molecule has 0 unspecified atom stereocenters. The van der Waals surface area contributed by atoms with Gasteiger partial charge in [0.2, 0.25) is 0 Å². The fourth-order valence-electron chi connectivity index (χ4n) is 1.94. The van der Waals surface area contributed by atoms with E-state index in [-0.39, 0.29) is 11.0 Å². The van der Waals surface area contributed by atoms with Crippen LogP contribution < -0.4 is 5.73 Å². The summed E-state index contributed by atoms with van der Waals surface area (Å²) in [6.45, 7) is 0.167. The Hall–Kier alpha value is -1.95. The Morgan fingerprint density at radius 2 is 1.81 bits per heavy atom. The molecule has 0 fully saturated rings. The van der Waals surface area contributed by atoms with E-state index in [2.05, 4.69) is 15.9 Å². The summed E-state index contributed by atoms with van der Waals surface area (Å²) in [4.78, 5) is 13.4. The minimum atomic E-state index is -0.903. The molecule has 0 saturated carbocycles. The lowest BCUT2D eigenvalue weighted by molar-refractivity contribution is 0.0775. The number of halogens is 3. The van der Waals surface area contributed by atoms with Gasteiger partial charge in [-0.1, -0.05) is 34.1 Å². The third-order valence-electron chi connectivity index (χ3n) is 3.03. The number of hydrogen-bond acceptors (Lipinski definition) is 2. The van der Waals surface area contributed by atoms with E-state index < -0.39 is 23.1 Å². The van der Waals surface area contributed by atoms with Gasteiger partial charge in [0.25, 0.3) is 5.91 Å². The standard InChI is InChI=1S/C15H13BrF2N2O/c1-20(8-9-4-2-3-5-13(9)19)15(21)14-11(17)6-10(16)7-12(14)18/h2-7H,8,19H2,1H3. The SMILES string of the molecule is CN(Cc1ccccc1N)C(=O)c1c(F)cc(Br)cc1F. The summed E-state index contributed by atoms with van der Waals surface area (Å²) in [5.41, 5.74) is 6.46. The van der Waals surface area contributed by atoms with Gasteiger partial charge < -0.3 is 10.6 Å². The fourth-order valence-corrected chi connectivity index (χ4v) is 2.34. The van der Waals surface area contributed by atoms with Crippen LogP contribution in [0.25, 0.3) is 0 Å². The molecule has 6 heteroatoms. The van der Waals surface area contributed by atoms with Gasteiger partial charge in [-0.2, -0.15) is 0 Å². The molecule has 0 aromatic heterocycles. The summed E-state index contributed by atoms with van der Waals surface area (Å²) >= 11 is 2.98. The number of nitrogen functional groups attached to an aromatic ring is 1. The summed E-state index contributed by atoms with van der Waals surface area (Å²) in [5.74, 6) is -2.54. The quantitative estimate of drug-likeness (QED) is 0.856. The molecule has 0 spiro atoms. The van der Waals surface area contributed by atoms with Crippen LogP contribution in [-0.2, 0) is 6.54 Å². The summed E-state index contributed by atoms with van der Waals surface area (Å²) in [6.07, 6.45) is 0. The Kier molecular flexibility index (Phi) is 4.57. The molecule has 2 aromatic carbocycles. The number of benzene rings is 2. The number of nitrogens with two attached hydrogens (primary N) is 1. The van der Waals surface area contributed by atoms with Crippen molar-refractivity contribution in [3.63, 3.8) is 0 Å². The summed E-state index contributed by atoms with van der Waals surface area (Å²) in [6, 6.07) is 9.13. The predicted molar refractivity (Wildman–Crippen MR) is 80.7 cm³/mol. The molecular formula is C15H13BrF2N2O. The van der Waals surface area contributed by atoms with Crippen LogP contribution in [0.15, 0.2) is 40.9 Å². The zero-order valence-electron chi connectivity index (χ0n) is 11.2. The van der Waals surface area contributed by atoms with Crippen molar-refractivity contribution >= 4 is 27.5 Å². The van der Waals surface area contributed by atoms with Gasteiger partial charge in [-0.05, 0) is 23.8 Å². The second-order valence-corrected chi connectivity index (χ2v) is 5.52. The highest BCUT2D eigenvalue weighted by molar-refractivity contribution is 9.10. The number of rotatable bonds is 3. The van der Waals surface area contributed by atoms with Gasteiger partial charge in [-0.15, -0.1) is 0 Å². The average Bonchev–Trinajstić information content (AvgIpc) is 2.40. The van der Waals surface area contributed by atoms with E-state index in [4.69, 9.17) is 5.73 Å². The normalized spacial score (nSPS) is 10.5. The minimum absolute atomic E-state index is 0.167. The molecule has 0 saturated heterocycles. The second kappa shape index (κ2) is 6.22. The number of nitrogens with zero attached hydrogens (tertiary/aromatic N) is 1. The lowest BCUT2D eigenvalue weighted by Crippen LogP contribution is -2.28. The van der Waals surface area contributed by atoms with Gasteiger partial charge in [0.05, 0.1) is 0 Å². The number of para-hydroxylation sites is 1. The van der Waals surface area contributed by atoms with Crippen LogP contribution in [0.5, 0.6) is 0 Å². The van der Waals surface area contributed by atoms with Crippen molar-refractivity contribution in [1.82, 2.24) is 4.90 Å². The fraction of sp³-hybridized carbons (Fsp3) is 0.133. The first-order valence-electron chi connectivity index (χ1n) is 6.13. The third-order valence-corrected chi connectivity index (χ3v) is 3.49. The zero-order chi connectivity index (χ0) is 15.6. The summed E-state index contributed by atoms with van der Waals surface area (Å²) in [5, 5.41) is 0. The van der Waals surface area contributed by atoms with Crippen LogP contribution >= 0.6 is 15.9 Å². The molecule has 1 amide bonds. The van der Waals surface area contributed by atoms with Crippen LogP contribution in [-0.4, -0.2) is 17.9 Å². The topological polar surface area (TPSA) is 46.3 Å². The first-order chi connectivity index (χ1) is 9.90. The number of hydrogen-bond donors (Lipinski definition) is 1. The highest BCUT2D eigenvalue weighted by Gasteiger charge is 2.22. The molecule has 0 bridgehead atoms. The average molecular weight is 355 g/mol. The van der Waals surface area contributed by atoms with Crippen molar-refractivity contribution in [3.8, 4) is 0 Å². The van der Waals surface area contributed by atoms with E-state index in [0.717, 1.165) is 12.1 Å². The number of anilines is 1. The monoisotopic (exact) mass is 354 g/mol. The summed E-state index contributed by atoms with van der Waals surface area (Å²) < 4.78 is 27.8. The van der Waals surface area contributed by atoms with Crippen molar-refractivity contribution in [2.75, 3.05) is 12.8 Å². The Morgan fingerprint density at radius 3 is 2.38 bits per heavy atom. The molecule has 110 valence electrons. The Labute approximate surface area is 129 Å². The Bertz CT molecular complexity index is 668. The largest absolute Gasteiger partial charge is 0.398 e. The second-order valence-electron chi connectivity index (χ2n) is 4.60. The third kappa shape index (κ3) is 3.39. The van der Waals surface area contributed by atoms with Crippen LogP contribution in [0.1, 0.15) is 15.9 Å². The number of carbonyl (C=O) groups is 1. The minimum Gasteiger partial charge on any atom is -0.398 e. The van der Waals surface area contributed by atoms with Gasteiger partial charge >= 0.3 is 0 Å². The molecule has 0 aliphatic heterocycles. The molecule has 3 nitrogen and oxygen atoms in total. The maximum absolute atomic E-state index is 13.8. The number of carbonyl (C=O) groups excluding carboxylic acids is 1. The van der Waals surface area contributed by atoms with Crippen molar-refractivity contribution < 1.29 is 13.6 Å². The van der Waals surface area contributed by atoms with E-state index >= 15 is 0 Å². The molecule has 0 atom stereocenters. The van der Waals surface area contributed by atoms with Crippen molar-refractivity contribution in [3.05, 3.63) is 63.6 Å².